The molecule has 0 aliphatic carbocycles. The lowest BCUT2D eigenvalue weighted by molar-refractivity contribution is -0.140. The SMILES string of the molecule is O=C(O)[C@H]1C=NN2C=CC=N[C@@H]12. The summed E-state index contributed by atoms with van der Waals surface area (Å²) < 4.78 is 0. The summed E-state index contributed by atoms with van der Waals surface area (Å²) in [4.78, 5) is 14.6. The summed E-state index contributed by atoms with van der Waals surface area (Å²) in [5.41, 5.74) is 0. The van der Waals surface area contributed by atoms with Crippen molar-refractivity contribution in [2.45, 2.75) is 6.17 Å². The van der Waals surface area contributed by atoms with Crippen molar-refractivity contribution in [2.24, 2.45) is 16.0 Å². The number of rotatable bonds is 1. The molecule has 2 atom stereocenters. The number of aliphatic imine (C=N–C) groups is 1. The van der Waals surface area contributed by atoms with Crippen molar-refractivity contribution >= 4 is 18.4 Å². The maximum atomic E-state index is 10.6. The van der Waals surface area contributed by atoms with Gasteiger partial charge in [-0.2, -0.15) is 5.10 Å². The minimum atomic E-state index is -0.890. The molecule has 2 rings (SSSR count). The molecule has 0 unspecified atom stereocenters. The number of fused-ring (bicyclic) bond motifs is 1. The van der Waals surface area contributed by atoms with Gasteiger partial charge in [0.15, 0.2) is 6.17 Å². The van der Waals surface area contributed by atoms with Gasteiger partial charge in [-0.1, -0.05) is 0 Å². The van der Waals surface area contributed by atoms with Crippen molar-refractivity contribution in [3.8, 4) is 0 Å². The molecule has 0 saturated carbocycles. The van der Waals surface area contributed by atoms with E-state index in [-0.39, 0.29) is 6.17 Å². The second-order valence-electron chi connectivity index (χ2n) is 2.56. The number of carboxylic acid groups (broad SMARTS) is 1. The van der Waals surface area contributed by atoms with Crippen molar-refractivity contribution in [1.29, 1.82) is 0 Å². The van der Waals surface area contributed by atoms with Gasteiger partial charge in [0.05, 0.1) is 0 Å². The Hall–Kier alpha value is -1.65. The molecule has 0 amide bonds. The van der Waals surface area contributed by atoms with Gasteiger partial charge in [-0.3, -0.25) is 9.79 Å². The van der Waals surface area contributed by atoms with Crippen LogP contribution in [0.5, 0.6) is 0 Å². The van der Waals surface area contributed by atoms with E-state index in [0.717, 1.165) is 0 Å². The molecule has 0 bridgehead atoms. The van der Waals surface area contributed by atoms with Gasteiger partial charge in [0.25, 0.3) is 0 Å². The molecule has 5 heteroatoms. The van der Waals surface area contributed by atoms with Crippen LogP contribution in [0.25, 0.3) is 0 Å². The lowest BCUT2D eigenvalue weighted by Gasteiger charge is -2.20. The fourth-order valence-corrected chi connectivity index (χ4v) is 1.20. The van der Waals surface area contributed by atoms with Crippen LogP contribution in [0.2, 0.25) is 0 Å². The second-order valence-corrected chi connectivity index (χ2v) is 2.56. The van der Waals surface area contributed by atoms with Gasteiger partial charge in [-0.15, -0.1) is 0 Å². The van der Waals surface area contributed by atoms with Crippen molar-refractivity contribution in [3.05, 3.63) is 12.3 Å². The zero-order valence-electron chi connectivity index (χ0n) is 6.16. The summed E-state index contributed by atoms with van der Waals surface area (Å²) >= 11 is 0. The van der Waals surface area contributed by atoms with Crippen LogP contribution in [0.1, 0.15) is 0 Å². The average Bonchev–Trinajstić information content (AvgIpc) is 2.47. The third kappa shape index (κ3) is 0.903. The maximum absolute atomic E-state index is 10.6. The first-order valence-electron chi connectivity index (χ1n) is 3.54. The first kappa shape index (κ1) is 7.02. The number of allylic oxidation sites excluding steroid dienone is 1. The first-order valence-corrected chi connectivity index (χ1v) is 3.54. The second kappa shape index (κ2) is 2.44. The molecule has 0 aromatic heterocycles. The van der Waals surface area contributed by atoms with E-state index in [2.05, 4.69) is 10.1 Å². The number of aliphatic carboxylic acids is 1. The molecule has 12 heavy (non-hydrogen) atoms. The Morgan fingerprint density at radius 2 is 2.42 bits per heavy atom. The smallest absolute Gasteiger partial charge is 0.316 e. The minimum Gasteiger partial charge on any atom is -0.481 e. The van der Waals surface area contributed by atoms with Gasteiger partial charge in [0.1, 0.15) is 5.92 Å². The van der Waals surface area contributed by atoms with Gasteiger partial charge in [-0.05, 0) is 6.08 Å². The van der Waals surface area contributed by atoms with Gasteiger partial charge < -0.3 is 5.11 Å². The predicted octanol–water partition coefficient (Wildman–Crippen LogP) is -0.0872. The molecular formula is C7H7N3O2. The Balaban J connectivity index is 2.24. The van der Waals surface area contributed by atoms with E-state index in [1.807, 2.05) is 0 Å². The summed E-state index contributed by atoms with van der Waals surface area (Å²) in [7, 11) is 0. The zero-order chi connectivity index (χ0) is 8.55. The van der Waals surface area contributed by atoms with Crippen LogP contribution in [0.3, 0.4) is 0 Å². The van der Waals surface area contributed by atoms with Crippen molar-refractivity contribution < 1.29 is 9.90 Å². The molecule has 2 heterocycles. The van der Waals surface area contributed by atoms with Gasteiger partial charge in [0, 0.05) is 18.6 Å². The van der Waals surface area contributed by atoms with E-state index < -0.39 is 11.9 Å². The Bertz CT molecular complexity index is 295. The standard InChI is InChI=1S/C7H7N3O2/c11-7(12)5-4-9-10-3-1-2-8-6(5)10/h1-6H,(H,11,12)/t5-,6+/m0/s1. The lowest BCUT2D eigenvalue weighted by atomic mass is 10.1. The number of hydrogen-bond acceptors (Lipinski definition) is 4. The Kier molecular flexibility index (Phi) is 1.43. The maximum Gasteiger partial charge on any atom is 0.316 e. The molecule has 0 saturated heterocycles. The molecule has 2 aliphatic rings. The van der Waals surface area contributed by atoms with Gasteiger partial charge >= 0.3 is 5.97 Å². The summed E-state index contributed by atoms with van der Waals surface area (Å²) in [5.74, 6) is -1.51. The number of hydrazone groups is 1. The van der Waals surface area contributed by atoms with Gasteiger partial charge in [-0.25, -0.2) is 5.01 Å². The molecule has 0 aromatic rings. The normalized spacial score (nSPS) is 30.8. The molecule has 62 valence electrons. The van der Waals surface area contributed by atoms with E-state index >= 15 is 0 Å². The Labute approximate surface area is 68.7 Å². The first-order chi connectivity index (χ1) is 5.79. The topological polar surface area (TPSA) is 65.3 Å². The molecule has 1 N–H and O–H groups in total. The van der Waals surface area contributed by atoms with Gasteiger partial charge in [0.2, 0.25) is 0 Å². The van der Waals surface area contributed by atoms with Crippen LogP contribution in [-0.4, -0.2) is 34.7 Å². The average molecular weight is 165 g/mol. The van der Waals surface area contributed by atoms with Crippen LogP contribution in [-0.2, 0) is 4.79 Å². The van der Waals surface area contributed by atoms with Crippen LogP contribution in [0.15, 0.2) is 22.4 Å². The van der Waals surface area contributed by atoms with Crippen LogP contribution >= 0.6 is 0 Å². The zero-order valence-corrected chi connectivity index (χ0v) is 6.16. The highest BCUT2D eigenvalue weighted by Gasteiger charge is 2.35. The van der Waals surface area contributed by atoms with Crippen molar-refractivity contribution in [1.82, 2.24) is 5.01 Å². The van der Waals surface area contributed by atoms with Crippen LogP contribution < -0.4 is 0 Å². The number of nitrogens with zero attached hydrogens (tertiary/aromatic N) is 3. The summed E-state index contributed by atoms with van der Waals surface area (Å²) in [6.45, 7) is 0. The molecule has 0 fully saturated rings. The number of carbonyl (C=O) groups is 1. The third-order valence-corrected chi connectivity index (χ3v) is 1.80. The molecule has 0 aromatic carbocycles. The summed E-state index contributed by atoms with van der Waals surface area (Å²) in [5, 5.41) is 14.2. The van der Waals surface area contributed by atoms with Crippen molar-refractivity contribution in [3.63, 3.8) is 0 Å². The highest BCUT2D eigenvalue weighted by Crippen LogP contribution is 2.20. The highest BCUT2D eigenvalue weighted by atomic mass is 16.4. The van der Waals surface area contributed by atoms with Crippen molar-refractivity contribution in [2.75, 3.05) is 0 Å². The van der Waals surface area contributed by atoms with E-state index in [1.54, 1.807) is 23.5 Å². The third-order valence-electron chi connectivity index (χ3n) is 1.80. The molecule has 0 spiro atoms. The van der Waals surface area contributed by atoms with E-state index in [1.165, 1.54) is 6.21 Å². The Morgan fingerprint density at radius 1 is 1.58 bits per heavy atom. The van der Waals surface area contributed by atoms with E-state index in [9.17, 15) is 4.79 Å². The monoisotopic (exact) mass is 165 g/mol. The number of hydrogen-bond donors (Lipinski definition) is 1. The molecule has 5 nitrogen and oxygen atoms in total. The van der Waals surface area contributed by atoms with Crippen LogP contribution in [0, 0.1) is 5.92 Å². The molecular weight excluding hydrogens is 158 g/mol. The highest BCUT2D eigenvalue weighted by molar-refractivity contribution is 5.91. The lowest BCUT2D eigenvalue weighted by Crippen LogP contribution is -2.33. The molecule has 2 aliphatic heterocycles. The van der Waals surface area contributed by atoms with E-state index in [0.29, 0.717) is 0 Å². The predicted molar refractivity (Wildman–Crippen MR) is 42.9 cm³/mol. The molecule has 0 radical (unpaired) electrons. The Morgan fingerprint density at radius 3 is 3.17 bits per heavy atom. The fraction of sp³-hybridized carbons (Fsp3) is 0.286. The minimum absolute atomic E-state index is 0.382. The largest absolute Gasteiger partial charge is 0.481 e. The van der Waals surface area contributed by atoms with E-state index in [4.69, 9.17) is 5.11 Å². The fourth-order valence-electron chi connectivity index (χ4n) is 1.20. The van der Waals surface area contributed by atoms with Crippen LogP contribution in [0.4, 0.5) is 0 Å². The quantitative estimate of drug-likeness (QED) is 0.590. The summed E-state index contributed by atoms with van der Waals surface area (Å²) in [6.07, 6.45) is 6.04. The number of carboxylic acids is 1. The summed E-state index contributed by atoms with van der Waals surface area (Å²) in [6, 6.07) is 0.